The van der Waals surface area contributed by atoms with Gasteiger partial charge in [-0.15, -0.1) is 0 Å². The van der Waals surface area contributed by atoms with Crippen molar-refractivity contribution in [3.63, 3.8) is 0 Å². The number of nitrogens with zero attached hydrogens (tertiary/aromatic N) is 3. The average Bonchev–Trinajstić information content (AvgIpc) is 3.76. The number of hydrogen-bond donors (Lipinski definition) is 0. The van der Waals surface area contributed by atoms with Crippen LogP contribution in [-0.4, -0.2) is 15.0 Å². The third-order valence-electron chi connectivity index (χ3n) is 9.37. The van der Waals surface area contributed by atoms with Gasteiger partial charge in [0.1, 0.15) is 22.3 Å². The molecule has 0 aliphatic rings. The summed E-state index contributed by atoms with van der Waals surface area (Å²) in [6.07, 6.45) is 0. The van der Waals surface area contributed by atoms with E-state index in [-0.39, 0.29) is 0 Å². The van der Waals surface area contributed by atoms with Gasteiger partial charge in [-0.3, -0.25) is 0 Å². The summed E-state index contributed by atoms with van der Waals surface area (Å²) in [4.78, 5) is 15.3. The van der Waals surface area contributed by atoms with Crippen LogP contribution in [0.3, 0.4) is 0 Å². The zero-order valence-electron chi connectivity index (χ0n) is 26.7. The van der Waals surface area contributed by atoms with Crippen molar-refractivity contribution in [2.24, 2.45) is 0 Å². The minimum atomic E-state index is 0.564. The van der Waals surface area contributed by atoms with Gasteiger partial charge in [0.2, 0.25) is 0 Å². The molecule has 3 heterocycles. The van der Waals surface area contributed by atoms with E-state index in [1.807, 2.05) is 54.6 Å². The summed E-state index contributed by atoms with van der Waals surface area (Å²) >= 11 is 0. The van der Waals surface area contributed by atoms with Gasteiger partial charge in [0, 0.05) is 38.2 Å². The highest BCUT2D eigenvalue weighted by Gasteiger charge is 2.19. The Bertz CT molecular complexity index is 2850. The lowest BCUT2D eigenvalue weighted by Gasteiger charge is -2.10. The second kappa shape index (κ2) is 11.4. The second-order valence-electron chi connectivity index (χ2n) is 12.4. The Morgan fingerprint density at radius 3 is 1.64 bits per heavy atom. The van der Waals surface area contributed by atoms with Crippen molar-refractivity contribution in [3.05, 3.63) is 164 Å². The van der Waals surface area contributed by atoms with Crippen molar-refractivity contribution in [2.75, 3.05) is 0 Å². The molecule has 10 aromatic rings. The number of para-hydroxylation sites is 1. The highest BCUT2D eigenvalue weighted by Crippen LogP contribution is 2.39. The molecule has 0 spiro atoms. The summed E-state index contributed by atoms with van der Waals surface area (Å²) in [5.74, 6) is 1.72. The summed E-state index contributed by atoms with van der Waals surface area (Å²) < 4.78 is 12.6. The van der Waals surface area contributed by atoms with Crippen molar-refractivity contribution in [1.82, 2.24) is 15.0 Å². The molecule has 0 aliphatic heterocycles. The van der Waals surface area contributed by atoms with Gasteiger partial charge in [0.15, 0.2) is 17.5 Å². The third kappa shape index (κ3) is 4.75. The molecular formula is C45H27N3O2. The van der Waals surface area contributed by atoms with Crippen LogP contribution in [0.25, 0.3) is 100 Å². The minimum Gasteiger partial charge on any atom is -0.456 e. The second-order valence-corrected chi connectivity index (χ2v) is 12.4. The first-order chi connectivity index (χ1) is 24.7. The normalized spacial score (nSPS) is 11.6. The number of benzene rings is 7. The van der Waals surface area contributed by atoms with Crippen LogP contribution in [0.4, 0.5) is 0 Å². The van der Waals surface area contributed by atoms with Crippen LogP contribution in [0.15, 0.2) is 173 Å². The Balaban J connectivity index is 1.18. The summed E-state index contributed by atoms with van der Waals surface area (Å²) in [5.41, 5.74) is 10.4. The number of fused-ring (bicyclic) bond motifs is 6. The van der Waals surface area contributed by atoms with Crippen molar-refractivity contribution in [3.8, 4) is 56.4 Å². The lowest BCUT2D eigenvalue weighted by Crippen LogP contribution is -2.00. The van der Waals surface area contributed by atoms with Gasteiger partial charge < -0.3 is 8.83 Å². The Morgan fingerprint density at radius 1 is 0.300 bits per heavy atom. The molecule has 0 unspecified atom stereocenters. The fourth-order valence-electron chi connectivity index (χ4n) is 6.89. The average molecular weight is 642 g/mol. The molecule has 0 saturated heterocycles. The quantitative estimate of drug-likeness (QED) is 0.187. The molecule has 0 radical (unpaired) electrons. The Kier molecular flexibility index (Phi) is 6.42. The molecule has 0 atom stereocenters. The van der Waals surface area contributed by atoms with E-state index in [0.29, 0.717) is 17.5 Å². The van der Waals surface area contributed by atoms with Gasteiger partial charge in [0.05, 0.1) is 0 Å². The highest BCUT2D eigenvalue weighted by molar-refractivity contribution is 6.13. The number of hydrogen-bond acceptors (Lipinski definition) is 5. The predicted octanol–water partition coefficient (Wildman–Crippen LogP) is 12.0. The monoisotopic (exact) mass is 641 g/mol. The van der Waals surface area contributed by atoms with Crippen LogP contribution < -0.4 is 0 Å². The Labute approximate surface area is 287 Å². The lowest BCUT2D eigenvalue weighted by atomic mass is 10.0. The van der Waals surface area contributed by atoms with Crippen molar-refractivity contribution in [2.45, 2.75) is 0 Å². The smallest absolute Gasteiger partial charge is 0.164 e. The van der Waals surface area contributed by atoms with Crippen molar-refractivity contribution >= 4 is 43.9 Å². The molecule has 5 heteroatoms. The third-order valence-corrected chi connectivity index (χ3v) is 9.37. The van der Waals surface area contributed by atoms with E-state index < -0.39 is 0 Å². The minimum absolute atomic E-state index is 0.564. The van der Waals surface area contributed by atoms with E-state index in [4.69, 9.17) is 23.8 Å². The molecule has 0 saturated carbocycles. The van der Waals surface area contributed by atoms with E-state index in [9.17, 15) is 0 Å². The highest BCUT2D eigenvalue weighted by atomic mass is 16.3. The maximum atomic E-state index is 6.38. The van der Waals surface area contributed by atoms with E-state index in [1.165, 1.54) is 0 Å². The molecule has 0 fully saturated rings. The zero-order valence-corrected chi connectivity index (χ0v) is 26.7. The van der Waals surface area contributed by atoms with E-state index in [0.717, 1.165) is 82.8 Å². The lowest BCUT2D eigenvalue weighted by molar-refractivity contribution is 0.668. The Hall–Kier alpha value is -6.85. The summed E-state index contributed by atoms with van der Waals surface area (Å²) in [6.45, 7) is 0. The first-order valence-corrected chi connectivity index (χ1v) is 16.6. The van der Waals surface area contributed by atoms with Crippen molar-refractivity contribution in [1.29, 1.82) is 0 Å². The zero-order chi connectivity index (χ0) is 33.0. The van der Waals surface area contributed by atoms with Gasteiger partial charge in [0.25, 0.3) is 0 Å². The van der Waals surface area contributed by atoms with Crippen LogP contribution in [-0.2, 0) is 0 Å². The summed E-state index contributed by atoms with van der Waals surface area (Å²) in [7, 11) is 0. The molecular weight excluding hydrogens is 615 g/mol. The van der Waals surface area contributed by atoms with E-state index in [1.54, 1.807) is 0 Å². The van der Waals surface area contributed by atoms with Crippen LogP contribution in [0.5, 0.6) is 0 Å². The molecule has 7 aromatic carbocycles. The molecule has 0 N–H and O–H groups in total. The number of furan rings is 2. The van der Waals surface area contributed by atoms with Crippen LogP contribution in [0, 0.1) is 0 Å². The maximum absolute atomic E-state index is 6.38. The van der Waals surface area contributed by atoms with Gasteiger partial charge >= 0.3 is 0 Å². The largest absolute Gasteiger partial charge is 0.456 e. The summed E-state index contributed by atoms with van der Waals surface area (Å²) in [5, 5.41) is 4.11. The number of rotatable bonds is 5. The molecule has 0 bridgehead atoms. The molecule has 5 nitrogen and oxygen atoms in total. The topological polar surface area (TPSA) is 65.0 Å². The number of aromatic nitrogens is 3. The Morgan fingerprint density at radius 2 is 0.840 bits per heavy atom. The summed E-state index contributed by atoms with van der Waals surface area (Å²) in [6, 6.07) is 55.8. The van der Waals surface area contributed by atoms with Crippen molar-refractivity contribution < 1.29 is 8.83 Å². The van der Waals surface area contributed by atoms with E-state index in [2.05, 4.69) is 109 Å². The molecule has 234 valence electrons. The molecule has 0 amide bonds. The fourth-order valence-corrected chi connectivity index (χ4v) is 6.89. The standard InChI is InChI=1S/C45H27N3O2/c1-3-10-28(11-4-1)30-18-20-31(21-19-30)43-46-44(33-22-24-35-34-14-7-8-16-38(34)50-41(35)27-33)48-45(47-43)36-15-9-17-40-42(36)37-26-32(23-25-39(37)49-40)29-12-5-2-6-13-29/h1-27H. The van der Waals surface area contributed by atoms with E-state index >= 15 is 0 Å². The van der Waals surface area contributed by atoms with Gasteiger partial charge in [-0.25, -0.2) is 15.0 Å². The molecule has 0 aliphatic carbocycles. The molecule has 3 aromatic heterocycles. The first kappa shape index (κ1) is 28.2. The van der Waals surface area contributed by atoms with Gasteiger partial charge in [-0.05, 0) is 58.7 Å². The fraction of sp³-hybridized carbons (Fsp3) is 0. The first-order valence-electron chi connectivity index (χ1n) is 16.6. The maximum Gasteiger partial charge on any atom is 0.164 e. The predicted molar refractivity (Wildman–Crippen MR) is 202 cm³/mol. The molecule has 50 heavy (non-hydrogen) atoms. The molecule has 10 rings (SSSR count). The van der Waals surface area contributed by atoms with Gasteiger partial charge in [-0.1, -0.05) is 127 Å². The van der Waals surface area contributed by atoms with Gasteiger partial charge in [-0.2, -0.15) is 0 Å². The van der Waals surface area contributed by atoms with Crippen LogP contribution in [0.2, 0.25) is 0 Å². The van der Waals surface area contributed by atoms with Crippen LogP contribution in [0.1, 0.15) is 0 Å². The van der Waals surface area contributed by atoms with Crippen LogP contribution >= 0.6 is 0 Å². The SMILES string of the molecule is c1ccc(-c2ccc(-c3nc(-c4ccc5c(c4)oc4ccccc45)nc(-c4cccc5oc6ccc(-c7ccccc7)cc6c45)n3)cc2)cc1.